The SMILES string of the molecule is CC(Cn1cccn1)NC(=O)c1cc(N)cc(N)c1. The average molecular weight is 259 g/mol. The zero-order valence-corrected chi connectivity index (χ0v) is 10.7. The molecule has 19 heavy (non-hydrogen) atoms. The first-order valence-corrected chi connectivity index (χ1v) is 5.99. The largest absolute Gasteiger partial charge is 0.399 e. The molecule has 0 saturated carbocycles. The Labute approximate surface area is 111 Å². The van der Waals surface area contributed by atoms with Gasteiger partial charge in [-0.05, 0) is 31.2 Å². The third-order valence-electron chi connectivity index (χ3n) is 2.64. The number of carbonyl (C=O) groups excluding carboxylic acids is 1. The fourth-order valence-corrected chi connectivity index (χ4v) is 1.85. The average Bonchev–Trinajstić information content (AvgIpc) is 2.80. The molecule has 0 spiro atoms. The summed E-state index contributed by atoms with van der Waals surface area (Å²) in [6.45, 7) is 2.52. The number of benzene rings is 1. The number of aromatic nitrogens is 2. The van der Waals surface area contributed by atoms with Crippen molar-refractivity contribution in [2.24, 2.45) is 0 Å². The van der Waals surface area contributed by atoms with Crippen molar-refractivity contribution in [1.82, 2.24) is 15.1 Å². The third kappa shape index (κ3) is 3.48. The first-order chi connectivity index (χ1) is 9.04. The Balaban J connectivity index is 2.00. The number of rotatable bonds is 4. The van der Waals surface area contributed by atoms with Crippen LogP contribution in [0.3, 0.4) is 0 Å². The van der Waals surface area contributed by atoms with E-state index in [0.717, 1.165) is 0 Å². The maximum atomic E-state index is 12.0. The first-order valence-electron chi connectivity index (χ1n) is 5.99. The number of amides is 1. The van der Waals surface area contributed by atoms with Crippen molar-refractivity contribution >= 4 is 17.3 Å². The molecule has 1 unspecified atom stereocenters. The maximum absolute atomic E-state index is 12.0. The predicted molar refractivity (Wildman–Crippen MR) is 74.4 cm³/mol. The van der Waals surface area contributed by atoms with Gasteiger partial charge < -0.3 is 16.8 Å². The van der Waals surface area contributed by atoms with Crippen LogP contribution in [0.1, 0.15) is 17.3 Å². The van der Waals surface area contributed by atoms with Gasteiger partial charge in [0.25, 0.3) is 5.91 Å². The van der Waals surface area contributed by atoms with Gasteiger partial charge >= 0.3 is 0 Å². The van der Waals surface area contributed by atoms with Gasteiger partial charge in [-0.3, -0.25) is 9.48 Å². The zero-order valence-electron chi connectivity index (χ0n) is 10.7. The van der Waals surface area contributed by atoms with Crippen molar-refractivity contribution in [2.45, 2.75) is 19.5 Å². The van der Waals surface area contributed by atoms with Crippen molar-refractivity contribution in [2.75, 3.05) is 11.5 Å². The van der Waals surface area contributed by atoms with Crippen LogP contribution >= 0.6 is 0 Å². The molecule has 1 aromatic heterocycles. The van der Waals surface area contributed by atoms with Gasteiger partial charge in [-0.15, -0.1) is 0 Å². The highest BCUT2D eigenvalue weighted by atomic mass is 16.1. The predicted octanol–water partition coefficient (Wildman–Crippen LogP) is 0.866. The van der Waals surface area contributed by atoms with Crippen molar-refractivity contribution < 1.29 is 4.79 Å². The van der Waals surface area contributed by atoms with E-state index >= 15 is 0 Å². The molecule has 6 heteroatoms. The normalized spacial score (nSPS) is 12.1. The van der Waals surface area contributed by atoms with Gasteiger partial charge in [0.05, 0.1) is 6.54 Å². The summed E-state index contributed by atoms with van der Waals surface area (Å²) in [6, 6.07) is 6.62. The lowest BCUT2D eigenvalue weighted by atomic mass is 10.1. The summed E-state index contributed by atoms with van der Waals surface area (Å²) in [5, 5.41) is 6.97. The van der Waals surface area contributed by atoms with E-state index in [0.29, 0.717) is 23.5 Å². The number of nitrogens with two attached hydrogens (primary N) is 2. The van der Waals surface area contributed by atoms with Crippen LogP contribution in [0.5, 0.6) is 0 Å². The zero-order chi connectivity index (χ0) is 13.8. The molecule has 1 aromatic carbocycles. The van der Waals surface area contributed by atoms with Crippen molar-refractivity contribution in [3.63, 3.8) is 0 Å². The fourth-order valence-electron chi connectivity index (χ4n) is 1.85. The van der Waals surface area contributed by atoms with E-state index in [4.69, 9.17) is 11.5 Å². The Hall–Kier alpha value is -2.50. The molecular formula is C13H17N5O. The molecule has 0 aliphatic heterocycles. The molecule has 6 nitrogen and oxygen atoms in total. The van der Waals surface area contributed by atoms with Gasteiger partial charge in [0, 0.05) is 35.4 Å². The molecule has 1 amide bonds. The van der Waals surface area contributed by atoms with Crippen molar-refractivity contribution in [3.05, 3.63) is 42.2 Å². The standard InChI is InChI=1S/C13H17N5O/c1-9(8-18-4-2-3-16-18)17-13(19)10-5-11(14)7-12(15)6-10/h2-7,9H,8,14-15H2,1H3,(H,17,19). The van der Waals surface area contributed by atoms with Crippen LogP contribution < -0.4 is 16.8 Å². The topological polar surface area (TPSA) is 99.0 Å². The number of nitrogens with zero attached hydrogens (tertiary/aromatic N) is 2. The fraction of sp³-hybridized carbons (Fsp3) is 0.231. The van der Waals surface area contributed by atoms with E-state index < -0.39 is 0 Å². The minimum atomic E-state index is -0.196. The number of nitrogens with one attached hydrogen (secondary N) is 1. The molecule has 5 N–H and O–H groups in total. The van der Waals surface area contributed by atoms with Crippen molar-refractivity contribution in [1.29, 1.82) is 0 Å². The van der Waals surface area contributed by atoms with E-state index in [9.17, 15) is 4.79 Å². The van der Waals surface area contributed by atoms with Crippen LogP contribution in [0, 0.1) is 0 Å². The Morgan fingerprint density at radius 2 is 2.05 bits per heavy atom. The second kappa shape index (κ2) is 5.43. The quantitative estimate of drug-likeness (QED) is 0.709. The number of hydrogen-bond acceptors (Lipinski definition) is 4. The van der Waals surface area contributed by atoms with Gasteiger partial charge in [0.15, 0.2) is 0 Å². The highest BCUT2D eigenvalue weighted by Gasteiger charge is 2.11. The Kier molecular flexibility index (Phi) is 3.70. The third-order valence-corrected chi connectivity index (χ3v) is 2.64. The minimum Gasteiger partial charge on any atom is -0.399 e. The molecule has 0 fully saturated rings. The number of anilines is 2. The van der Waals surface area contributed by atoms with E-state index in [1.54, 1.807) is 29.1 Å². The number of carbonyl (C=O) groups is 1. The van der Waals surface area contributed by atoms with Crippen LogP contribution in [0.4, 0.5) is 11.4 Å². The molecule has 0 aliphatic rings. The van der Waals surface area contributed by atoms with Gasteiger partial charge in [-0.1, -0.05) is 0 Å². The monoisotopic (exact) mass is 259 g/mol. The Bertz CT molecular complexity index is 544. The smallest absolute Gasteiger partial charge is 0.251 e. The summed E-state index contributed by atoms with van der Waals surface area (Å²) in [6.07, 6.45) is 3.55. The number of hydrogen-bond donors (Lipinski definition) is 3. The summed E-state index contributed by atoms with van der Waals surface area (Å²) in [5.41, 5.74) is 12.7. The lowest BCUT2D eigenvalue weighted by Crippen LogP contribution is -2.35. The molecular weight excluding hydrogens is 242 g/mol. The molecule has 2 aromatic rings. The summed E-state index contributed by atoms with van der Waals surface area (Å²) >= 11 is 0. The molecule has 0 radical (unpaired) electrons. The molecule has 0 bridgehead atoms. The number of nitrogen functional groups attached to an aromatic ring is 2. The molecule has 2 rings (SSSR count). The second-order valence-electron chi connectivity index (χ2n) is 4.49. The van der Waals surface area contributed by atoms with Crippen LogP contribution in [0.15, 0.2) is 36.7 Å². The lowest BCUT2D eigenvalue weighted by Gasteiger charge is -2.14. The van der Waals surface area contributed by atoms with Gasteiger partial charge in [0.1, 0.15) is 0 Å². The Morgan fingerprint density at radius 1 is 1.37 bits per heavy atom. The summed E-state index contributed by atoms with van der Waals surface area (Å²) in [5.74, 6) is -0.196. The van der Waals surface area contributed by atoms with E-state index in [-0.39, 0.29) is 11.9 Å². The minimum absolute atomic E-state index is 0.0462. The van der Waals surface area contributed by atoms with Gasteiger partial charge in [0.2, 0.25) is 0 Å². The van der Waals surface area contributed by atoms with E-state index in [1.807, 2.05) is 19.2 Å². The van der Waals surface area contributed by atoms with Crippen LogP contribution in [-0.2, 0) is 6.54 Å². The first kappa shape index (κ1) is 12.9. The van der Waals surface area contributed by atoms with E-state index in [1.165, 1.54) is 0 Å². The van der Waals surface area contributed by atoms with Gasteiger partial charge in [-0.2, -0.15) is 5.10 Å². The molecule has 100 valence electrons. The van der Waals surface area contributed by atoms with Crippen LogP contribution in [0.2, 0.25) is 0 Å². The highest BCUT2D eigenvalue weighted by molar-refractivity contribution is 5.96. The maximum Gasteiger partial charge on any atom is 0.251 e. The lowest BCUT2D eigenvalue weighted by molar-refractivity contribution is 0.0936. The molecule has 0 saturated heterocycles. The highest BCUT2D eigenvalue weighted by Crippen LogP contribution is 2.13. The Morgan fingerprint density at radius 3 is 2.63 bits per heavy atom. The second-order valence-corrected chi connectivity index (χ2v) is 4.49. The van der Waals surface area contributed by atoms with Crippen LogP contribution in [0.25, 0.3) is 0 Å². The van der Waals surface area contributed by atoms with Crippen LogP contribution in [-0.4, -0.2) is 21.7 Å². The molecule has 1 heterocycles. The van der Waals surface area contributed by atoms with Crippen molar-refractivity contribution in [3.8, 4) is 0 Å². The summed E-state index contributed by atoms with van der Waals surface area (Å²) in [7, 11) is 0. The molecule has 1 atom stereocenters. The van der Waals surface area contributed by atoms with Gasteiger partial charge in [-0.25, -0.2) is 0 Å². The molecule has 0 aliphatic carbocycles. The summed E-state index contributed by atoms with van der Waals surface area (Å²) in [4.78, 5) is 12.0. The van der Waals surface area contributed by atoms with E-state index in [2.05, 4.69) is 10.4 Å². The summed E-state index contributed by atoms with van der Waals surface area (Å²) < 4.78 is 1.76.